The zero-order valence-electron chi connectivity index (χ0n) is 20.8. The van der Waals surface area contributed by atoms with Gasteiger partial charge in [-0.05, 0) is 62.3 Å². The second-order valence-corrected chi connectivity index (χ2v) is 9.07. The van der Waals surface area contributed by atoms with Crippen LogP contribution in [0.3, 0.4) is 0 Å². The van der Waals surface area contributed by atoms with Crippen LogP contribution in [-0.2, 0) is 11.2 Å². The molecule has 0 amide bonds. The van der Waals surface area contributed by atoms with E-state index < -0.39 is 0 Å². The molecule has 34 heavy (non-hydrogen) atoms. The van der Waals surface area contributed by atoms with Crippen LogP contribution in [0.25, 0.3) is 0 Å². The van der Waals surface area contributed by atoms with Crippen LogP contribution in [0.2, 0.25) is 0 Å². The summed E-state index contributed by atoms with van der Waals surface area (Å²) in [6.07, 6.45) is 23.3. The van der Waals surface area contributed by atoms with E-state index in [4.69, 9.17) is 9.47 Å². The van der Waals surface area contributed by atoms with Crippen LogP contribution in [0.1, 0.15) is 95.1 Å². The highest BCUT2D eigenvalue weighted by molar-refractivity contribution is 5.73. The van der Waals surface area contributed by atoms with E-state index in [0.717, 1.165) is 54.7 Å². The molecule has 0 fully saturated rings. The molecule has 1 aliphatic heterocycles. The Morgan fingerprint density at radius 3 is 2.35 bits per heavy atom. The summed E-state index contributed by atoms with van der Waals surface area (Å²) >= 11 is 0. The number of ether oxygens (including phenoxy) is 2. The Morgan fingerprint density at radius 1 is 0.824 bits per heavy atom. The Bertz CT molecular complexity index is 941. The molecule has 182 valence electrons. The molecular formula is C31H40O3. The summed E-state index contributed by atoms with van der Waals surface area (Å²) in [5.41, 5.74) is 2.07. The van der Waals surface area contributed by atoms with E-state index in [1.165, 1.54) is 44.9 Å². The Kier molecular flexibility index (Phi) is 11.5. The maximum Gasteiger partial charge on any atom is 0.311 e. The smallest absolute Gasteiger partial charge is 0.311 e. The second-order valence-electron chi connectivity index (χ2n) is 9.07. The second kappa shape index (κ2) is 15.2. The third-order valence-electron chi connectivity index (χ3n) is 6.21. The van der Waals surface area contributed by atoms with Gasteiger partial charge in [-0.1, -0.05) is 87.6 Å². The van der Waals surface area contributed by atoms with Crippen LogP contribution in [0, 0.1) is 0 Å². The number of hydrogen-bond donors (Lipinski definition) is 0. The van der Waals surface area contributed by atoms with E-state index in [0.29, 0.717) is 12.2 Å². The van der Waals surface area contributed by atoms with Crippen LogP contribution < -0.4 is 9.47 Å². The third kappa shape index (κ3) is 8.85. The van der Waals surface area contributed by atoms with Crippen LogP contribution >= 0.6 is 0 Å². The minimum atomic E-state index is -0.155. The van der Waals surface area contributed by atoms with Gasteiger partial charge in [-0.15, -0.1) is 0 Å². The van der Waals surface area contributed by atoms with Crippen LogP contribution in [0.4, 0.5) is 0 Å². The van der Waals surface area contributed by atoms with Crippen molar-refractivity contribution >= 4 is 5.97 Å². The normalized spacial score (nSPS) is 12.5. The average molecular weight is 461 g/mol. The highest BCUT2D eigenvalue weighted by atomic mass is 16.5. The molecule has 0 radical (unpaired) electrons. The van der Waals surface area contributed by atoms with Crippen molar-refractivity contribution in [2.45, 2.75) is 90.4 Å². The first kappa shape index (κ1) is 25.8. The molecule has 0 N–H and O–H groups in total. The highest BCUT2D eigenvalue weighted by Gasteiger charge is 2.21. The van der Waals surface area contributed by atoms with Gasteiger partial charge in [-0.25, -0.2) is 0 Å². The lowest BCUT2D eigenvalue weighted by Gasteiger charge is -2.22. The van der Waals surface area contributed by atoms with Crippen LogP contribution in [0.5, 0.6) is 17.2 Å². The fraction of sp³-hybridized carbons (Fsp3) is 0.452. The molecule has 0 atom stereocenters. The molecule has 0 spiro atoms. The number of allylic oxidation sites excluding steroid dienone is 4. The molecule has 3 heteroatoms. The van der Waals surface area contributed by atoms with E-state index in [9.17, 15) is 4.79 Å². The van der Waals surface area contributed by atoms with Crippen molar-refractivity contribution in [1.82, 2.24) is 0 Å². The zero-order valence-corrected chi connectivity index (χ0v) is 20.8. The molecule has 0 aromatic heterocycles. The Morgan fingerprint density at radius 2 is 1.53 bits per heavy atom. The molecule has 0 saturated carbocycles. The molecular weight excluding hydrogens is 420 g/mol. The summed E-state index contributed by atoms with van der Waals surface area (Å²) in [4.78, 5) is 12.4. The summed E-state index contributed by atoms with van der Waals surface area (Å²) in [6.45, 7) is 2.24. The fourth-order valence-electron chi connectivity index (χ4n) is 4.22. The largest absolute Gasteiger partial charge is 0.457 e. The number of fused-ring (bicyclic) bond motifs is 2. The van der Waals surface area contributed by atoms with E-state index in [-0.39, 0.29) is 5.97 Å². The molecule has 0 bridgehead atoms. The number of carbonyl (C=O) groups is 1. The van der Waals surface area contributed by atoms with Crippen molar-refractivity contribution in [1.29, 1.82) is 0 Å². The van der Waals surface area contributed by atoms with Gasteiger partial charge in [-0.2, -0.15) is 0 Å². The van der Waals surface area contributed by atoms with Crippen LogP contribution in [0.15, 0.2) is 66.8 Å². The van der Waals surface area contributed by atoms with Crippen molar-refractivity contribution in [3.8, 4) is 17.2 Å². The number of unbranched alkanes of at least 4 members (excludes halogenated alkanes) is 8. The Hall–Kier alpha value is -2.81. The summed E-state index contributed by atoms with van der Waals surface area (Å²) in [7, 11) is 0. The monoisotopic (exact) mass is 460 g/mol. The van der Waals surface area contributed by atoms with Crippen molar-refractivity contribution in [2.24, 2.45) is 0 Å². The lowest BCUT2D eigenvalue weighted by Crippen LogP contribution is -2.11. The molecule has 0 saturated heterocycles. The van der Waals surface area contributed by atoms with Gasteiger partial charge in [-0.3, -0.25) is 4.79 Å². The first-order valence-electron chi connectivity index (χ1n) is 13.2. The van der Waals surface area contributed by atoms with Gasteiger partial charge in [0.05, 0.1) is 0 Å². The summed E-state index contributed by atoms with van der Waals surface area (Å²) in [6, 6.07) is 13.7. The van der Waals surface area contributed by atoms with E-state index in [1.54, 1.807) is 0 Å². The predicted molar refractivity (Wildman–Crippen MR) is 141 cm³/mol. The van der Waals surface area contributed by atoms with Gasteiger partial charge in [0.2, 0.25) is 0 Å². The van der Waals surface area contributed by atoms with E-state index in [1.807, 2.05) is 36.4 Å². The SMILES string of the molecule is CCCCC/C=C\C/C=C\CCCCCCCC(=O)Oc1cccc2c1Cc1ccccc1O2. The molecule has 0 unspecified atom stereocenters. The topological polar surface area (TPSA) is 35.5 Å². The van der Waals surface area contributed by atoms with Crippen molar-refractivity contribution in [3.05, 3.63) is 77.9 Å². The van der Waals surface area contributed by atoms with Crippen LogP contribution in [-0.4, -0.2) is 5.97 Å². The average Bonchev–Trinajstić information content (AvgIpc) is 2.85. The van der Waals surface area contributed by atoms with E-state index in [2.05, 4.69) is 37.3 Å². The lowest BCUT2D eigenvalue weighted by molar-refractivity contribution is -0.134. The fourth-order valence-corrected chi connectivity index (χ4v) is 4.22. The van der Waals surface area contributed by atoms with E-state index >= 15 is 0 Å². The van der Waals surface area contributed by atoms with Crippen molar-refractivity contribution in [3.63, 3.8) is 0 Å². The van der Waals surface area contributed by atoms with Gasteiger partial charge in [0.1, 0.15) is 17.2 Å². The Labute approximate surface area is 205 Å². The van der Waals surface area contributed by atoms with Crippen molar-refractivity contribution < 1.29 is 14.3 Å². The third-order valence-corrected chi connectivity index (χ3v) is 6.21. The standard InChI is InChI=1S/C31H40O3/c1-2-3-4-5-6-7-8-9-10-11-12-13-14-15-16-24-31(32)34-30-23-19-22-29-27(30)25-26-20-17-18-21-28(26)33-29/h6-7,9-10,17-23H,2-5,8,11-16,24-25H2,1H3/b7-6-,10-9-. The predicted octanol–water partition coefficient (Wildman–Crippen LogP) is 9.10. The summed E-state index contributed by atoms with van der Waals surface area (Å²) < 4.78 is 11.7. The van der Waals surface area contributed by atoms with Gasteiger partial charge >= 0.3 is 5.97 Å². The van der Waals surface area contributed by atoms with Crippen molar-refractivity contribution in [2.75, 3.05) is 0 Å². The number of rotatable bonds is 15. The highest BCUT2D eigenvalue weighted by Crippen LogP contribution is 2.40. The molecule has 3 rings (SSSR count). The maximum absolute atomic E-state index is 12.4. The number of esters is 1. The molecule has 1 aliphatic rings. The Balaban J connectivity index is 1.25. The van der Waals surface area contributed by atoms with Gasteiger partial charge < -0.3 is 9.47 Å². The van der Waals surface area contributed by atoms with Gasteiger partial charge in [0.15, 0.2) is 0 Å². The maximum atomic E-state index is 12.4. The number of hydrogen-bond acceptors (Lipinski definition) is 3. The number of benzene rings is 2. The quantitative estimate of drug-likeness (QED) is 0.0981. The minimum Gasteiger partial charge on any atom is -0.457 e. The molecule has 1 heterocycles. The summed E-state index contributed by atoms with van der Waals surface area (Å²) in [5, 5.41) is 0. The minimum absolute atomic E-state index is 0.155. The molecule has 2 aromatic rings. The first-order valence-corrected chi connectivity index (χ1v) is 13.2. The van der Waals surface area contributed by atoms with Gasteiger partial charge in [0.25, 0.3) is 0 Å². The number of para-hydroxylation sites is 1. The number of carbonyl (C=O) groups excluding carboxylic acids is 1. The lowest BCUT2D eigenvalue weighted by atomic mass is 9.99. The first-order chi connectivity index (χ1) is 16.8. The zero-order chi connectivity index (χ0) is 23.8. The van der Waals surface area contributed by atoms with Gasteiger partial charge in [0, 0.05) is 18.4 Å². The molecule has 2 aromatic carbocycles. The summed E-state index contributed by atoms with van der Waals surface area (Å²) in [5.74, 6) is 2.13. The molecule has 3 nitrogen and oxygen atoms in total. The molecule has 0 aliphatic carbocycles.